The second-order valence-electron chi connectivity index (χ2n) is 5.34. The van der Waals surface area contributed by atoms with Crippen molar-refractivity contribution in [2.45, 2.75) is 40.7 Å². The van der Waals surface area contributed by atoms with E-state index < -0.39 is 0 Å². The average molecular weight is 277 g/mol. The Labute approximate surface area is 120 Å². The van der Waals surface area contributed by atoms with Crippen LogP contribution in [-0.4, -0.2) is 18.0 Å². The Hall–Kier alpha value is -2.04. The maximum Gasteiger partial charge on any atom is 0.319 e. The van der Waals surface area contributed by atoms with E-state index in [1.54, 1.807) is 12.1 Å². The van der Waals surface area contributed by atoms with Crippen LogP contribution in [-0.2, 0) is 4.79 Å². The second kappa shape index (κ2) is 6.93. The van der Waals surface area contributed by atoms with Gasteiger partial charge in [0, 0.05) is 24.3 Å². The highest BCUT2D eigenvalue weighted by atomic mass is 16.2. The number of carbonyl (C=O) groups excluding carboxylic acids is 2. The van der Waals surface area contributed by atoms with Gasteiger partial charge in [0.1, 0.15) is 0 Å². The monoisotopic (exact) mass is 277 g/mol. The quantitative estimate of drug-likeness (QED) is 0.791. The van der Waals surface area contributed by atoms with Gasteiger partial charge < -0.3 is 16.0 Å². The fourth-order valence-electron chi connectivity index (χ4n) is 1.61. The van der Waals surface area contributed by atoms with Crippen LogP contribution < -0.4 is 16.0 Å². The van der Waals surface area contributed by atoms with E-state index in [0.29, 0.717) is 11.6 Å². The first-order chi connectivity index (χ1) is 9.29. The molecule has 0 heterocycles. The summed E-state index contributed by atoms with van der Waals surface area (Å²) in [5.41, 5.74) is 2.35. The van der Waals surface area contributed by atoms with Crippen molar-refractivity contribution in [2.75, 3.05) is 10.6 Å². The van der Waals surface area contributed by atoms with Crippen LogP contribution in [0.3, 0.4) is 0 Å². The number of rotatable bonds is 4. The highest BCUT2D eigenvalue weighted by molar-refractivity contribution is 5.92. The van der Waals surface area contributed by atoms with Crippen molar-refractivity contribution in [1.82, 2.24) is 5.32 Å². The minimum Gasteiger partial charge on any atom is -0.335 e. The zero-order valence-corrected chi connectivity index (χ0v) is 12.7. The zero-order valence-electron chi connectivity index (χ0n) is 12.7. The molecule has 3 N–H and O–H groups in total. The lowest BCUT2D eigenvalue weighted by Gasteiger charge is -2.18. The molecular formula is C15H23N3O2. The van der Waals surface area contributed by atoms with Crippen molar-refractivity contribution in [2.24, 2.45) is 5.92 Å². The molecule has 1 atom stereocenters. The summed E-state index contributed by atoms with van der Waals surface area (Å²) in [5.74, 6) is 0.266. The van der Waals surface area contributed by atoms with E-state index in [4.69, 9.17) is 0 Å². The van der Waals surface area contributed by atoms with Gasteiger partial charge in [-0.1, -0.05) is 13.8 Å². The van der Waals surface area contributed by atoms with E-state index in [1.807, 2.05) is 19.9 Å². The summed E-state index contributed by atoms with van der Waals surface area (Å²) in [4.78, 5) is 22.8. The van der Waals surface area contributed by atoms with Crippen LogP contribution in [0.1, 0.15) is 33.3 Å². The SMILES string of the molecule is CC(=O)Nc1ccc(NC(=O)N[C@H](C)C(C)C)cc1C. The number of hydrogen-bond acceptors (Lipinski definition) is 2. The van der Waals surface area contributed by atoms with E-state index >= 15 is 0 Å². The molecule has 0 radical (unpaired) electrons. The second-order valence-corrected chi connectivity index (χ2v) is 5.34. The molecule has 3 amide bonds. The Morgan fingerprint density at radius 1 is 1.10 bits per heavy atom. The van der Waals surface area contributed by atoms with E-state index in [9.17, 15) is 9.59 Å². The van der Waals surface area contributed by atoms with Crippen LogP contribution >= 0.6 is 0 Å². The first kappa shape index (κ1) is 16.0. The molecule has 0 unspecified atom stereocenters. The fraction of sp³-hybridized carbons (Fsp3) is 0.467. The standard InChI is InChI=1S/C15H23N3O2/c1-9(2)11(4)16-15(20)18-13-6-7-14(10(3)8-13)17-12(5)19/h6-9,11H,1-5H3,(H,17,19)(H2,16,18,20)/t11-/m1/s1. The summed E-state index contributed by atoms with van der Waals surface area (Å²) in [6, 6.07) is 5.24. The molecule has 0 saturated heterocycles. The average Bonchev–Trinajstić information content (AvgIpc) is 2.31. The maximum atomic E-state index is 11.8. The van der Waals surface area contributed by atoms with Crippen molar-refractivity contribution < 1.29 is 9.59 Å². The predicted molar refractivity (Wildman–Crippen MR) is 81.9 cm³/mol. The Balaban J connectivity index is 2.67. The van der Waals surface area contributed by atoms with Gasteiger partial charge in [-0.3, -0.25) is 4.79 Å². The normalized spacial score (nSPS) is 11.9. The molecule has 0 aromatic heterocycles. The van der Waals surface area contributed by atoms with E-state index in [2.05, 4.69) is 29.8 Å². The molecule has 110 valence electrons. The number of nitrogens with one attached hydrogen (secondary N) is 3. The van der Waals surface area contributed by atoms with Crippen LogP contribution in [0.2, 0.25) is 0 Å². The Bertz CT molecular complexity index is 498. The summed E-state index contributed by atoms with van der Waals surface area (Å²) in [6.45, 7) is 9.42. The molecular weight excluding hydrogens is 254 g/mol. The Kier molecular flexibility index (Phi) is 5.55. The van der Waals surface area contributed by atoms with Gasteiger partial charge in [-0.05, 0) is 43.5 Å². The first-order valence-corrected chi connectivity index (χ1v) is 6.75. The fourth-order valence-corrected chi connectivity index (χ4v) is 1.61. The van der Waals surface area contributed by atoms with E-state index in [-0.39, 0.29) is 18.0 Å². The maximum absolute atomic E-state index is 11.8. The largest absolute Gasteiger partial charge is 0.335 e. The van der Waals surface area contributed by atoms with Gasteiger partial charge in [0.25, 0.3) is 0 Å². The van der Waals surface area contributed by atoms with Gasteiger partial charge in [0.15, 0.2) is 0 Å². The van der Waals surface area contributed by atoms with Crippen molar-refractivity contribution in [3.05, 3.63) is 23.8 Å². The smallest absolute Gasteiger partial charge is 0.319 e. The molecule has 5 nitrogen and oxygen atoms in total. The lowest BCUT2D eigenvalue weighted by atomic mass is 10.1. The van der Waals surface area contributed by atoms with E-state index in [1.165, 1.54) is 6.92 Å². The number of anilines is 2. The lowest BCUT2D eigenvalue weighted by molar-refractivity contribution is -0.114. The first-order valence-electron chi connectivity index (χ1n) is 6.75. The summed E-state index contributed by atoms with van der Waals surface area (Å²) in [5, 5.41) is 8.39. The van der Waals surface area contributed by atoms with Crippen molar-refractivity contribution >= 4 is 23.3 Å². The molecule has 0 saturated carbocycles. The van der Waals surface area contributed by atoms with Gasteiger partial charge in [-0.15, -0.1) is 0 Å². The molecule has 1 rings (SSSR count). The lowest BCUT2D eigenvalue weighted by Crippen LogP contribution is -2.39. The van der Waals surface area contributed by atoms with Gasteiger partial charge in [0.2, 0.25) is 5.91 Å². The molecule has 0 bridgehead atoms. The van der Waals surface area contributed by atoms with Crippen LogP contribution in [0.15, 0.2) is 18.2 Å². The molecule has 5 heteroatoms. The molecule has 0 aliphatic rings. The summed E-state index contributed by atoms with van der Waals surface area (Å²) in [7, 11) is 0. The number of hydrogen-bond donors (Lipinski definition) is 3. The number of urea groups is 1. The van der Waals surface area contributed by atoms with Crippen LogP contribution in [0.5, 0.6) is 0 Å². The number of aryl methyl sites for hydroxylation is 1. The van der Waals surface area contributed by atoms with E-state index in [0.717, 1.165) is 11.3 Å². The van der Waals surface area contributed by atoms with Crippen LogP contribution in [0, 0.1) is 12.8 Å². The molecule has 20 heavy (non-hydrogen) atoms. The summed E-state index contributed by atoms with van der Waals surface area (Å²) in [6.07, 6.45) is 0. The predicted octanol–water partition coefficient (Wildman–Crippen LogP) is 3.12. The topological polar surface area (TPSA) is 70.2 Å². The molecule has 0 spiro atoms. The summed E-state index contributed by atoms with van der Waals surface area (Å²) < 4.78 is 0. The van der Waals surface area contributed by atoms with Gasteiger partial charge in [-0.25, -0.2) is 4.79 Å². The minimum absolute atomic E-state index is 0.106. The number of benzene rings is 1. The van der Waals surface area contributed by atoms with Gasteiger partial charge in [-0.2, -0.15) is 0 Å². The van der Waals surface area contributed by atoms with Crippen LogP contribution in [0.25, 0.3) is 0 Å². The van der Waals surface area contributed by atoms with Gasteiger partial charge in [0.05, 0.1) is 0 Å². The third-order valence-electron chi connectivity index (χ3n) is 3.15. The van der Waals surface area contributed by atoms with Crippen LogP contribution in [0.4, 0.5) is 16.2 Å². The third kappa shape index (κ3) is 4.91. The van der Waals surface area contributed by atoms with Gasteiger partial charge >= 0.3 is 6.03 Å². The number of amides is 3. The van der Waals surface area contributed by atoms with Crippen molar-refractivity contribution in [3.63, 3.8) is 0 Å². The highest BCUT2D eigenvalue weighted by Crippen LogP contribution is 2.19. The molecule has 0 aliphatic carbocycles. The van der Waals surface area contributed by atoms with Crippen molar-refractivity contribution in [1.29, 1.82) is 0 Å². The zero-order chi connectivity index (χ0) is 15.3. The Morgan fingerprint density at radius 3 is 2.25 bits per heavy atom. The highest BCUT2D eigenvalue weighted by Gasteiger charge is 2.11. The summed E-state index contributed by atoms with van der Waals surface area (Å²) >= 11 is 0. The molecule has 1 aromatic carbocycles. The van der Waals surface area contributed by atoms with Crippen molar-refractivity contribution in [3.8, 4) is 0 Å². The third-order valence-corrected chi connectivity index (χ3v) is 3.15. The Morgan fingerprint density at radius 2 is 1.75 bits per heavy atom. The molecule has 0 aliphatic heterocycles. The number of carbonyl (C=O) groups is 2. The molecule has 1 aromatic rings. The minimum atomic E-state index is -0.224. The molecule has 0 fully saturated rings.